The third-order valence-electron chi connectivity index (χ3n) is 3.79. The van der Waals surface area contributed by atoms with Gasteiger partial charge in [0.15, 0.2) is 0 Å². The molecule has 2 rings (SSSR count). The van der Waals surface area contributed by atoms with Gasteiger partial charge in [-0.15, -0.1) is 0 Å². The molecule has 2 aliphatic rings. The molecule has 2 atom stereocenters. The van der Waals surface area contributed by atoms with Crippen LogP contribution in [0.25, 0.3) is 0 Å². The lowest BCUT2D eigenvalue weighted by molar-refractivity contribution is -0.143. The third kappa shape index (κ3) is 2.46. The Hall–Kier alpha value is -0.650. The summed E-state index contributed by atoms with van der Waals surface area (Å²) < 4.78 is 10.4. The van der Waals surface area contributed by atoms with Gasteiger partial charge in [0.2, 0.25) is 5.91 Å². The van der Waals surface area contributed by atoms with Crippen LogP contribution >= 0.6 is 0 Å². The number of carbonyl (C=O) groups excluding carboxylic acids is 1. The van der Waals surface area contributed by atoms with E-state index in [0.717, 1.165) is 12.8 Å². The molecular formula is C12H22N2O3. The summed E-state index contributed by atoms with van der Waals surface area (Å²) in [5.74, 6) is 0.127. The second kappa shape index (κ2) is 4.92. The molecule has 17 heavy (non-hydrogen) atoms. The number of rotatable bonds is 5. The zero-order chi connectivity index (χ0) is 12.5. The van der Waals surface area contributed by atoms with E-state index < -0.39 is 5.41 Å². The molecule has 2 N–H and O–H groups in total. The van der Waals surface area contributed by atoms with Crippen LogP contribution in [-0.4, -0.2) is 56.4 Å². The van der Waals surface area contributed by atoms with Crippen LogP contribution in [0.4, 0.5) is 0 Å². The minimum absolute atomic E-state index is 0.127. The molecule has 98 valence electrons. The first-order valence-electron chi connectivity index (χ1n) is 6.23. The summed E-state index contributed by atoms with van der Waals surface area (Å²) in [4.78, 5) is 14.5. The van der Waals surface area contributed by atoms with Crippen molar-refractivity contribution < 1.29 is 14.3 Å². The van der Waals surface area contributed by atoms with Crippen LogP contribution in [0.3, 0.4) is 0 Å². The van der Waals surface area contributed by atoms with E-state index in [2.05, 4.69) is 0 Å². The van der Waals surface area contributed by atoms with E-state index in [4.69, 9.17) is 15.2 Å². The molecule has 5 heteroatoms. The van der Waals surface area contributed by atoms with Gasteiger partial charge in [0.25, 0.3) is 0 Å². The lowest BCUT2D eigenvalue weighted by atomic mass is 9.84. The van der Waals surface area contributed by atoms with Crippen LogP contribution in [0.5, 0.6) is 0 Å². The summed E-state index contributed by atoms with van der Waals surface area (Å²) in [6.07, 6.45) is 2.20. The van der Waals surface area contributed by atoms with E-state index >= 15 is 0 Å². The van der Waals surface area contributed by atoms with Gasteiger partial charge in [-0.2, -0.15) is 0 Å². The molecule has 0 spiro atoms. The Morgan fingerprint density at radius 3 is 2.76 bits per heavy atom. The van der Waals surface area contributed by atoms with Gasteiger partial charge in [0.1, 0.15) is 0 Å². The standard InChI is InChI=1S/C12H22N2O3/c1-12(8-17-7-10(12)13)11(15)14(5-6-16-2)9-3-4-9/h9-10H,3-8,13H2,1-2H3. The first-order valence-corrected chi connectivity index (χ1v) is 6.23. The Kier molecular flexibility index (Phi) is 3.70. The van der Waals surface area contributed by atoms with E-state index in [1.165, 1.54) is 0 Å². The van der Waals surface area contributed by atoms with Gasteiger partial charge >= 0.3 is 0 Å². The topological polar surface area (TPSA) is 64.8 Å². The average molecular weight is 242 g/mol. The highest BCUT2D eigenvalue weighted by molar-refractivity contribution is 5.84. The van der Waals surface area contributed by atoms with Crippen LogP contribution in [0.2, 0.25) is 0 Å². The first-order chi connectivity index (χ1) is 8.09. The summed E-state index contributed by atoms with van der Waals surface area (Å²) in [6.45, 7) is 4.06. The first kappa shape index (κ1) is 12.8. The molecule has 1 saturated heterocycles. The molecule has 0 bridgehead atoms. The van der Waals surface area contributed by atoms with Crippen molar-refractivity contribution in [1.29, 1.82) is 0 Å². The Balaban J connectivity index is 2.04. The molecule has 0 aromatic carbocycles. The van der Waals surface area contributed by atoms with Gasteiger partial charge in [-0.3, -0.25) is 4.79 Å². The minimum atomic E-state index is -0.559. The predicted octanol–water partition coefficient (Wildman–Crippen LogP) is -0.0124. The van der Waals surface area contributed by atoms with Gasteiger partial charge in [-0.25, -0.2) is 0 Å². The maximum atomic E-state index is 12.6. The van der Waals surface area contributed by atoms with Crippen molar-refractivity contribution in [3.63, 3.8) is 0 Å². The number of hydrogen-bond donors (Lipinski definition) is 1. The largest absolute Gasteiger partial charge is 0.383 e. The number of hydrogen-bond acceptors (Lipinski definition) is 4. The van der Waals surface area contributed by atoms with E-state index in [-0.39, 0.29) is 11.9 Å². The van der Waals surface area contributed by atoms with Crippen molar-refractivity contribution in [2.24, 2.45) is 11.1 Å². The van der Waals surface area contributed by atoms with Crippen molar-refractivity contribution in [3.8, 4) is 0 Å². The molecule has 5 nitrogen and oxygen atoms in total. The lowest BCUT2D eigenvalue weighted by Gasteiger charge is -2.33. The number of nitrogens with two attached hydrogens (primary N) is 1. The number of carbonyl (C=O) groups is 1. The molecule has 2 fully saturated rings. The SMILES string of the molecule is COCCN(C(=O)C1(C)COCC1N)C1CC1. The molecule has 1 saturated carbocycles. The molecule has 0 aromatic heterocycles. The Morgan fingerprint density at radius 2 is 2.29 bits per heavy atom. The van der Waals surface area contributed by atoms with Crippen molar-refractivity contribution >= 4 is 5.91 Å². The fraction of sp³-hybridized carbons (Fsp3) is 0.917. The van der Waals surface area contributed by atoms with Crippen LogP contribution < -0.4 is 5.73 Å². The Bertz CT molecular complexity index is 293. The van der Waals surface area contributed by atoms with Crippen molar-refractivity contribution in [1.82, 2.24) is 4.90 Å². The highest BCUT2D eigenvalue weighted by Gasteiger charge is 2.48. The maximum absolute atomic E-state index is 12.6. The quantitative estimate of drug-likeness (QED) is 0.736. The minimum Gasteiger partial charge on any atom is -0.383 e. The molecule has 0 radical (unpaired) electrons. The molecule has 0 aromatic rings. The van der Waals surface area contributed by atoms with Gasteiger partial charge in [-0.1, -0.05) is 0 Å². The highest BCUT2D eigenvalue weighted by atomic mass is 16.5. The molecule has 1 aliphatic heterocycles. The Labute approximate surface area is 102 Å². The number of amides is 1. The molecule has 1 amide bonds. The van der Waals surface area contributed by atoms with Gasteiger partial charge in [0.05, 0.1) is 25.2 Å². The van der Waals surface area contributed by atoms with Crippen LogP contribution in [-0.2, 0) is 14.3 Å². The summed E-state index contributed by atoms with van der Waals surface area (Å²) in [7, 11) is 1.65. The van der Waals surface area contributed by atoms with E-state index in [0.29, 0.717) is 32.4 Å². The summed E-state index contributed by atoms with van der Waals surface area (Å²) in [6, 6.07) is 0.195. The fourth-order valence-corrected chi connectivity index (χ4v) is 2.26. The zero-order valence-corrected chi connectivity index (χ0v) is 10.6. The summed E-state index contributed by atoms with van der Waals surface area (Å²) in [5, 5.41) is 0. The zero-order valence-electron chi connectivity index (χ0n) is 10.6. The second-order valence-corrected chi connectivity index (χ2v) is 5.26. The van der Waals surface area contributed by atoms with Crippen LogP contribution in [0, 0.1) is 5.41 Å². The lowest BCUT2D eigenvalue weighted by Crippen LogP contribution is -2.52. The van der Waals surface area contributed by atoms with Crippen molar-refractivity contribution in [2.45, 2.75) is 31.8 Å². The normalized spacial score (nSPS) is 32.8. The smallest absolute Gasteiger partial charge is 0.232 e. The van der Waals surface area contributed by atoms with Crippen LogP contribution in [0.15, 0.2) is 0 Å². The summed E-state index contributed by atoms with van der Waals surface area (Å²) >= 11 is 0. The van der Waals surface area contributed by atoms with Gasteiger partial charge in [-0.05, 0) is 19.8 Å². The Morgan fingerprint density at radius 1 is 1.59 bits per heavy atom. The van der Waals surface area contributed by atoms with Gasteiger partial charge < -0.3 is 20.1 Å². The molecular weight excluding hydrogens is 220 g/mol. The fourth-order valence-electron chi connectivity index (χ4n) is 2.26. The van der Waals surface area contributed by atoms with Gasteiger partial charge in [0, 0.05) is 25.7 Å². The molecule has 1 aliphatic carbocycles. The number of methoxy groups -OCH3 is 1. The number of ether oxygens (including phenoxy) is 2. The maximum Gasteiger partial charge on any atom is 0.232 e. The van der Waals surface area contributed by atoms with Crippen molar-refractivity contribution in [3.05, 3.63) is 0 Å². The average Bonchev–Trinajstić information content (AvgIpc) is 3.08. The molecule has 2 unspecified atom stereocenters. The third-order valence-corrected chi connectivity index (χ3v) is 3.79. The highest BCUT2D eigenvalue weighted by Crippen LogP contribution is 2.35. The predicted molar refractivity (Wildman–Crippen MR) is 63.5 cm³/mol. The monoisotopic (exact) mass is 242 g/mol. The van der Waals surface area contributed by atoms with E-state index in [1.54, 1.807) is 7.11 Å². The second-order valence-electron chi connectivity index (χ2n) is 5.26. The summed E-state index contributed by atoms with van der Waals surface area (Å²) in [5.41, 5.74) is 5.44. The molecule has 1 heterocycles. The van der Waals surface area contributed by atoms with E-state index in [1.807, 2.05) is 11.8 Å². The number of nitrogens with zero attached hydrogens (tertiary/aromatic N) is 1. The van der Waals surface area contributed by atoms with Crippen LogP contribution in [0.1, 0.15) is 19.8 Å². The van der Waals surface area contributed by atoms with E-state index in [9.17, 15) is 4.79 Å². The van der Waals surface area contributed by atoms with Crippen molar-refractivity contribution in [2.75, 3.05) is 33.5 Å².